The molecule has 0 aromatic heterocycles. The van der Waals surface area contributed by atoms with Crippen molar-refractivity contribution in [1.29, 1.82) is 0 Å². The molecule has 1 fully saturated rings. The number of anilines is 1. The number of rotatable bonds is 4. The molecule has 2 amide bonds. The first kappa shape index (κ1) is 14.1. The number of carbonyl (C=O) groups is 2. The molecule has 0 spiro atoms. The van der Waals surface area contributed by atoms with Gasteiger partial charge in [0.25, 0.3) is 5.91 Å². The maximum Gasteiger partial charge on any atom is 0.253 e. The fourth-order valence-corrected chi connectivity index (χ4v) is 3.21. The summed E-state index contributed by atoms with van der Waals surface area (Å²) in [5.41, 5.74) is 7.05. The lowest BCUT2D eigenvalue weighted by molar-refractivity contribution is -0.125. The van der Waals surface area contributed by atoms with E-state index in [-0.39, 0.29) is 18.6 Å². The quantitative estimate of drug-likeness (QED) is 0.914. The number of nitrogens with zero attached hydrogens (tertiary/aromatic N) is 1. The number of para-hydroxylation sites is 1. The Kier molecular flexibility index (Phi) is 3.92. The minimum Gasteiger partial charge on any atom is -0.369 e. The summed E-state index contributed by atoms with van der Waals surface area (Å²) in [5.74, 6) is -0.913. The third-order valence-corrected chi connectivity index (χ3v) is 4.36. The molecule has 2 N–H and O–H groups in total. The summed E-state index contributed by atoms with van der Waals surface area (Å²) in [5, 5.41) is 0. The molecule has 1 aliphatic heterocycles. The van der Waals surface area contributed by atoms with Gasteiger partial charge in [-0.2, -0.15) is 0 Å². The van der Waals surface area contributed by atoms with Crippen LogP contribution in [0.5, 0.6) is 0 Å². The molecule has 5 heteroatoms. The number of ether oxygens (including phenoxy) is 1. The van der Waals surface area contributed by atoms with E-state index >= 15 is 0 Å². The molecule has 1 unspecified atom stereocenters. The van der Waals surface area contributed by atoms with Crippen LogP contribution in [0.2, 0.25) is 0 Å². The lowest BCUT2D eigenvalue weighted by atomic mass is 10.0. The van der Waals surface area contributed by atoms with Gasteiger partial charge in [0, 0.05) is 12.2 Å². The van der Waals surface area contributed by atoms with Gasteiger partial charge in [0.1, 0.15) is 6.61 Å². The molecular weight excluding hydrogens is 268 g/mol. The van der Waals surface area contributed by atoms with Crippen molar-refractivity contribution in [1.82, 2.24) is 0 Å². The first-order valence-electron chi connectivity index (χ1n) is 7.47. The van der Waals surface area contributed by atoms with Crippen molar-refractivity contribution >= 4 is 17.5 Å². The average molecular weight is 288 g/mol. The highest BCUT2D eigenvalue weighted by Crippen LogP contribution is 2.36. The number of fused-ring (bicyclic) bond motifs is 1. The number of nitrogens with two attached hydrogens (primary N) is 1. The predicted octanol–water partition coefficient (Wildman–Crippen LogP) is 1.56. The molecule has 0 saturated heterocycles. The molecule has 112 valence electrons. The highest BCUT2D eigenvalue weighted by atomic mass is 16.5. The van der Waals surface area contributed by atoms with E-state index in [0.29, 0.717) is 6.54 Å². The Balaban J connectivity index is 1.70. The number of benzene rings is 1. The molecule has 0 bridgehead atoms. The number of hydrogen-bond donors (Lipinski definition) is 1. The van der Waals surface area contributed by atoms with Gasteiger partial charge in [0.2, 0.25) is 5.91 Å². The van der Waals surface area contributed by atoms with E-state index in [2.05, 4.69) is 0 Å². The van der Waals surface area contributed by atoms with Crippen LogP contribution in [0, 0.1) is 0 Å². The zero-order valence-electron chi connectivity index (χ0n) is 12.0. The van der Waals surface area contributed by atoms with Crippen LogP contribution in [0.4, 0.5) is 5.69 Å². The predicted molar refractivity (Wildman–Crippen MR) is 78.9 cm³/mol. The van der Waals surface area contributed by atoms with Crippen LogP contribution < -0.4 is 10.6 Å². The van der Waals surface area contributed by atoms with E-state index in [1.54, 1.807) is 4.90 Å². The normalized spacial score (nSPS) is 21.5. The highest BCUT2D eigenvalue weighted by Gasteiger charge is 2.35. The van der Waals surface area contributed by atoms with Crippen molar-refractivity contribution in [3.8, 4) is 0 Å². The van der Waals surface area contributed by atoms with Crippen molar-refractivity contribution < 1.29 is 14.3 Å². The monoisotopic (exact) mass is 288 g/mol. The third kappa shape index (κ3) is 2.78. The topological polar surface area (TPSA) is 72.6 Å². The van der Waals surface area contributed by atoms with Gasteiger partial charge in [-0.1, -0.05) is 31.0 Å². The van der Waals surface area contributed by atoms with E-state index in [0.717, 1.165) is 24.1 Å². The molecule has 21 heavy (non-hydrogen) atoms. The summed E-state index contributed by atoms with van der Waals surface area (Å²) in [6.45, 7) is 0.395. The molecule has 5 nitrogen and oxygen atoms in total. The summed E-state index contributed by atoms with van der Waals surface area (Å²) >= 11 is 0. The van der Waals surface area contributed by atoms with Gasteiger partial charge >= 0.3 is 0 Å². The lowest BCUT2D eigenvalue weighted by Gasteiger charge is -2.19. The smallest absolute Gasteiger partial charge is 0.253 e. The third-order valence-electron chi connectivity index (χ3n) is 4.36. The average Bonchev–Trinajstić information content (AvgIpc) is 3.12. The van der Waals surface area contributed by atoms with Gasteiger partial charge in [-0.05, 0) is 24.5 Å². The summed E-state index contributed by atoms with van der Waals surface area (Å²) < 4.78 is 5.68. The fraction of sp³-hybridized carbons (Fsp3) is 0.500. The van der Waals surface area contributed by atoms with Crippen LogP contribution in [0.1, 0.15) is 37.2 Å². The Morgan fingerprint density at radius 3 is 2.67 bits per heavy atom. The summed E-state index contributed by atoms with van der Waals surface area (Å²) in [7, 11) is 0. The minimum atomic E-state index is -0.420. The molecule has 1 aliphatic carbocycles. The first-order valence-corrected chi connectivity index (χ1v) is 7.47. The Morgan fingerprint density at radius 2 is 1.95 bits per heavy atom. The Morgan fingerprint density at radius 1 is 1.24 bits per heavy atom. The van der Waals surface area contributed by atoms with Gasteiger partial charge in [0.05, 0.1) is 12.0 Å². The molecule has 2 aliphatic rings. The number of primary amides is 1. The van der Waals surface area contributed by atoms with Crippen LogP contribution in [-0.2, 0) is 14.3 Å². The first-order chi connectivity index (χ1) is 10.2. The molecule has 1 atom stereocenters. The van der Waals surface area contributed by atoms with E-state index in [1.807, 2.05) is 24.3 Å². The van der Waals surface area contributed by atoms with Gasteiger partial charge in [-0.15, -0.1) is 0 Å². The van der Waals surface area contributed by atoms with E-state index in [1.165, 1.54) is 12.8 Å². The Labute approximate surface area is 124 Å². The molecule has 1 aromatic carbocycles. The Hall–Kier alpha value is -1.88. The van der Waals surface area contributed by atoms with Crippen LogP contribution in [-0.4, -0.2) is 31.1 Å². The van der Waals surface area contributed by atoms with E-state index < -0.39 is 11.8 Å². The summed E-state index contributed by atoms with van der Waals surface area (Å²) in [4.78, 5) is 25.6. The molecule has 3 rings (SSSR count). The zero-order valence-corrected chi connectivity index (χ0v) is 12.0. The lowest BCUT2D eigenvalue weighted by Crippen LogP contribution is -2.36. The largest absolute Gasteiger partial charge is 0.369 e. The zero-order chi connectivity index (χ0) is 14.8. The second kappa shape index (κ2) is 5.85. The maximum atomic E-state index is 12.4. The SMILES string of the molecule is NC(=O)C1CN(C(=O)COC2CCCC2)c2ccccc21. The van der Waals surface area contributed by atoms with Crippen LogP contribution in [0.3, 0.4) is 0 Å². The summed E-state index contributed by atoms with van der Waals surface area (Å²) in [6.07, 6.45) is 4.63. The van der Waals surface area contributed by atoms with Gasteiger partial charge < -0.3 is 15.4 Å². The summed E-state index contributed by atoms with van der Waals surface area (Å²) in [6, 6.07) is 7.43. The fourth-order valence-electron chi connectivity index (χ4n) is 3.21. The van der Waals surface area contributed by atoms with Gasteiger partial charge in [-0.25, -0.2) is 0 Å². The van der Waals surface area contributed by atoms with Crippen molar-refractivity contribution in [3.05, 3.63) is 29.8 Å². The van der Waals surface area contributed by atoms with Crippen molar-refractivity contribution in [2.24, 2.45) is 5.73 Å². The van der Waals surface area contributed by atoms with Crippen LogP contribution in [0.25, 0.3) is 0 Å². The molecule has 0 radical (unpaired) electrons. The standard InChI is InChI=1S/C16H20N2O3/c17-16(20)13-9-18(14-8-4-3-7-12(13)14)15(19)10-21-11-5-1-2-6-11/h3-4,7-8,11,13H,1-2,5-6,9-10H2,(H2,17,20). The maximum absolute atomic E-state index is 12.4. The van der Waals surface area contributed by atoms with E-state index in [9.17, 15) is 9.59 Å². The molecule has 1 aromatic rings. The van der Waals surface area contributed by atoms with E-state index in [4.69, 9.17) is 10.5 Å². The number of amides is 2. The number of carbonyl (C=O) groups excluding carboxylic acids is 2. The molecular formula is C16H20N2O3. The molecule has 1 saturated carbocycles. The molecule has 1 heterocycles. The minimum absolute atomic E-state index is 0.0739. The van der Waals surface area contributed by atoms with Crippen molar-refractivity contribution in [2.75, 3.05) is 18.1 Å². The number of hydrogen-bond acceptors (Lipinski definition) is 3. The Bertz CT molecular complexity index is 552. The van der Waals surface area contributed by atoms with Gasteiger partial charge in [-0.3, -0.25) is 9.59 Å². The van der Waals surface area contributed by atoms with Crippen molar-refractivity contribution in [2.45, 2.75) is 37.7 Å². The second-order valence-corrected chi connectivity index (χ2v) is 5.74. The highest BCUT2D eigenvalue weighted by molar-refractivity contribution is 6.00. The van der Waals surface area contributed by atoms with Crippen molar-refractivity contribution in [3.63, 3.8) is 0 Å². The van der Waals surface area contributed by atoms with Crippen LogP contribution >= 0.6 is 0 Å². The second-order valence-electron chi connectivity index (χ2n) is 5.74. The van der Waals surface area contributed by atoms with Crippen LogP contribution in [0.15, 0.2) is 24.3 Å². The van der Waals surface area contributed by atoms with Gasteiger partial charge in [0.15, 0.2) is 0 Å².